The van der Waals surface area contributed by atoms with Crippen molar-refractivity contribution in [2.75, 3.05) is 39.4 Å². The van der Waals surface area contributed by atoms with Crippen LogP contribution in [-0.2, 0) is 4.74 Å². The van der Waals surface area contributed by atoms with Gasteiger partial charge in [-0.3, -0.25) is 14.8 Å². The molecule has 7 heteroatoms. The highest BCUT2D eigenvalue weighted by molar-refractivity contribution is 5.90. The van der Waals surface area contributed by atoms with Gasteiger partial charge in [0.1, 0.15) is 6.33 Å². The Kier molecular flexibility index (Phi) is 3.24. The molecule has 0 spiro atoms. The van der Waals surface area contributed by atoms with E-state index in [4.69, 9.17) is 4.74 Å². The van der Waals surface area contributed by atoms with E-state index in [9.17, 15) is 4.79 Å². The normalized spacial score (nSPS) is 25.6. The van der Waals surface area contributed by atoms with E-state index in [1.807, 2.05) is 4.90 Å². The molecule has 1 amide bonds. The largest absolute Gasteiger partial charge is 0.379 e. The lowest BCUT2D eigenvalue weighted by Gasteiger charge is -2.31. The number of nitrogens with one attached hydrogen (secondary N) is 1. The smallest absolute Gasteiger partial charge is 0.291 e. The Bertz CT molecular complexity index is 402. The number of H-pyrrole nitrogens is 1. The van der Waals surface area contributed by atoms with Gasteiger partial charge >= 0.3 is 0 Å². The zero-order valence-electron chi connectivity index (χ0n) is 10.2. The second kappa shape index (κ2) is 5.03. The van der Waals surface area contributed by atoms with Crippen LogP contribution in [0.25, 0.3) is 0 Å². The number of aromatic amines is 1. The van der Waals surface area contributed by atoms with Gasteiger partial charge in [0, 0.05) is 32.2 Å². The van der Waals surface area contributed by atoms with Gasteiger partial charge in [-0.1, -0.05) is 0 Å². The maximum atomic E-state index is 12.1. The van der Waals surface area contributed by atoms with Crippen LogP contribution in [0.5, 0.6) is 0 Å². The summed E-state index contributed by atoms with van der Waals surface area (Å²) < 4.78 is 5.35. The molecular weight excluding hydrogens is 234 g/mol. The molecule has 1 unspecified atom stereocenters. The van der Waals surface area contributed by atoms with Crippen LogP contribution in [0.2, 0.25) is 0 Å². The number of hydrogen-bond acceptors (Lipinski definition) is 5. The Balaban J connectivity index is 1.59. The lowest BCUT2D eigenvalue weighted by Crippen LogP contribution is -2.45. The van der Waals surface area contributed by atoms with E-state index in [1.165, 1.54) is 6.33 Å². The van der Waals surface area contributed by atoms with E-state index in [0.29, 0.717) is 11.9 Å². The van der Waals surface area contributed by atoms with Crippen molar-refractivity contribution in [3.8, 4) is 0 Å². The molecule has 0 radical (unpaired) electrons. The highest BCUT2D eigenvalue weighted by Crippen LogP contribution is 2.18. The van der Waals surface area contributed by atoms with Gasteiger partial charge < -0.3 is 9.64 Å². The summed E-state index contributed by atoms with van der Waals surface area (Å²) in [5.41, 5.74) is 0. The summed E-state index contributed by atoms with van der Waals surface area (Å²) >= 11 is 0. The van der Waals surface area contributed by atoms with E-state index in [2.05, 4.69) is 20.1 Å². The van der Waals surface area contributed by atoms with E-state index < -0.39 is 0 Å². The molecule has 0 bridgehead atoms. The first-order valence-corrected chi connectivity index (χ1v) is 6.31. The third-order valence-electron chi connectivity index (χ3n) is 3.63. The zero-order chi connectivity index (χ0) is 12.4. The molecule has 2 fully saturated rings. The van der Waals surface area contributed by atoms with Gasteiger partial charge in [-0.15, -0.1) is 0 Å². The number of rotatable bonds is 2. The number of hydrogen-bond donors (Lipinski definition) is 1. The average Bonchev–Trinajstić information content (AvgIpc) is 3.10. The Morgan fingerprint density at radius 2 is 2.22 bits per heavy atom. The van der Waals surface area contributed by atoms with Crippen LogP contribution < -0.4 is 0 Å². The second-order valence-electron chi connectivity index (χ2n) is 4.68. The molecule has 2 saturated heterocycles. The third-order valence-corrected chi connectivity index (χ3v) is 3.63. The van der Waals surface area contributed by atoms with Gasteiger partial charge in [-0.05, 0) is 6.42 Å². The summed E-state index contributed by atoms with van der Waals surface area (Å²) in [5.74, 6) is 0.279. The minimum Gasteiger partial charge on any atom is -0.379 e. The quantitative estimate of drug-likeness (QED) is 0.756. The molecule has 1 N–H and O–H groups in total. The summed E-state index contributed by atoms with van der Waals surface area (Å²) in [6, 6.07) is 0.459. The summed E-state index contributed by atoms with van der Waals surface area (Å²) in [4.78, 5) is 20.3. The monoisotopic (exact) mass is 251 g/mol. The number of nitrogens with zero attached hydrogens (tertiary/aromatic N) is 4. The van der Waals surface area contributed by atoms with Crippen LogP contribution in [0, 0.1) is 0 Å². The fourth-order valence-corrected chi connectivity index (χ4v) is 2.63. The lowest BCUT2D eigenvalue weighted by atomic mass is 10.2. The molecule has 1 aromatic heterocycles. The summed E-state index contributed by atoms with van der Waals surface area (Å²) in [7, 11) is 0. The number of carbonyl (C=O) groups excluding carboxylic acids is 1. The van der Waals surface area contributed by atoms with Gasteiger partial charge in [-0.25, -0.2) is 4.98 Å². The SMILES string of the molecule is O=C(c1ncn[nH]1)N1CCC(N2CCOCC2)C1. The molecule has 3 heterocycles. The van der Waals surface area contributed by atoms with Crippen molar-refractivity contribution in [3.63, 3.8) is 0 Å². The van der Waals surface area contributed by atoms with E-state index in [-0.39, 0.29) is 5.91 Å². The first-order valence-electron chi connectivity index (χ1n) is 6.31. The van der Waals surface area contributed by atoms with Crippen molar-refractivity contribution in [3.05, 3.63) is 12.2 Å². The first-order chi connectivity index (χ1) is 8.84. The van der Waals surface area contributed by atoms with E-state index >= 15 is 0 Å². The van der Waals surface area contributed by atoms with Gasteiger partial charge in [0.15, 0.2) is 0 Å². The van der Waals surface area contributed by atoms with Gasteiger partial charge in [0.25, 0.3) is 5.91 Å². The first kappa shape index (κ1) is 11.6. The topological polar surface area (TPSA) is 74.4 Å². The number of aromatic nitrogens is 3. The van der Waals surface area contributed by atoms with Crippen molar-refractivity contribution in [2.45, 2.75) is 12.5 Å². The van der Waals surface area contributed by atoms with Gasteiger partial charge in [0.2, 0.25) is 5.82 Å². The molecule has 18 heavy (non-hydrogen) atoms. The van der Waals surface area contributed by atoms with Crippen LogP contribution in [0.15, 0.2) is 6.33 Å². The fourth-order valence-electron chi connectivity index (χ4n) is 2.63. The molecule has 2 aliphatic heterocycles. The average molecular weight is 251 g/mol. The Morgan fingerprint density at radius 1 is 1.39 bits per heavy atom. The number of morpholine rings is 1. The van der Waals surface area contributed by atoms with Crippen LogP contribution >= 0.6 is 0 Å². The van der Waals surface area contributed by atoms with Crippen LogP contribution in [0.4, 0.5) is 0 Å². The zero-order valence-corrected chi connectivity index (χ0v) is 10.2. The minimum absolute atomic E-state index is 0.0525. The summed E-state index contributed by atoms with van der Waals surface area (Å²) in [6.07, 6.45) is 2.39. The number of amides is 1. The summed E-state index contributed by atoms with van der Waals surface area (Å²) in [5, 5.41) is 6.34. The fraction of sp³-hybridized carbons (Fsp3) is 0.727. The number of likely N-dealkylation sites (tertiary alicyclic amines) is 1. The molecule has 1 atom stereocenters. The standard InChI is InChI=1S/C11H17N5O2/c17-11(10-12-8-13-14-10)16-2-1-9(7-16)15-3-5-18-6-4-15/h8-9H,1-7H2,(H,12,13,14). The molecular formula is C11H17N5O2. The third kappa shape index (κ3) is 2.23. The predicted molar refractivity (Wildman–Crippen MR) is 63.1 cm³/mol. The number of ether oxygens (including phenoxy) is 1. The Morgan fingerprint density at radius 3 is 2.94 bits per heavy atom. The van der Waals surface area contributed by atoms with E-state index in [1.54, 1.807) is 0 Å². The summed E-state index contributed by atoms with van der Waals surface area (Å²) in [6.45, 7) is 5.10. The van der Waals surface area contributed by atoms with Crippen molar-refractivity contribution >= 4 is 5.91 Å². The lowest BCUT2D eigenvalue weighted by molar-refractivity contribution is 0.0184. The molecule has 0 saturated carbocycles. The predicted octanol–water partition coefficient (Wildman–Crippen LogP) is -0.649. The van der Waals surface area contributed by atoms with Crippen molar-refractivity contribution in [2.24, 2.45) is 0 Å². The highest BCUT2D eigenvalue weighted by atomic mass is 16.5. The molecule has 7 nitrogen and oxygen atoms in total. The highest BCUT2D eigenvalue weighted by Gasteiger charge is 2.32. The van der Waals surface area contributed by atoms with Crippen molar-refractivity contribution in [1.29, 1.82) is 0 Å². The van der Waals surface area contributed by atoms with Crippen LogP contribution in [-0.4, -0.2) is 76.3 Å². The molecule has 0 aliphatic carbocycles. The maximum Gasteiger partial charge on any atom is 0.291 e. The van der Waals surface area contributed by atoms with Gasteiger partial charge in [0.05, 0.1) is 13.2 Å². The Labute approximate surface area is 105 Å². The van der Waals surface area contributed by atoms with Crippen LogP contribution in [0.1, 0.15) is 17.0 Å². The second-order valence-corrected chi connectivity index (χ2v) is 4.68. The van der Waals surface area contributed by atoms with Crippen molar-refractivity contribution in [1.82, 2.24) is 25.0 Å². The Hall–Kier alpha value is -1.47. The van der Waals surface area contributed by atoms with Gasteiger partial charge in [-0.2, -0.15) is 5.10 Å². The van der Waals surface area contributed by atoms with Crippen molar-refractivity contribution < 1.29 is 9.53 Å². The minimum atomic E-state index is -0.0525. The maximum absolute atomic E-state index is 12.1. The molecule has 1 aromatic rings. The molecule has 3 rings (SSSR count). The molecule has 98 valence electrons. The van der Waals surface area contributed by atoms with Crippen LogP contribution in [0.3, 0.4) is 0 Å². The molecule has 0 aromatic carbocycles. The van der Waals surface area contributed by atoms with E-state index in [0.717, 1.165) is 45.8 Å². The molecule has 2 aliphatic rings. The number of carbonyl (C=O) groups is 1.